The summed E-state index contributed by atoms with van der Waals surface area (Å²) >= 11 is -0.133. The number of aryl methyl sites for hydroxylation is 1. The van der Waals surface area contributed by atoms with Crippen LogP contribution in [0.4, 0.5) is 0 Å². The molecule has 2 heteroatoms. The molecule has 0 aliphatic heterocycles. The molecule has 2 aromatic rings. The smallest absolute Gasteiger partial charge is 0.358 e. The van der Waals surface area contributed by atoms with Crippen molar-refractivity contribution >= 4 is 0 Å². The van der Waals surface area contributed by atoms with Crippen LogP contribution in [0.15, 0.2) is 54.6 Å². The summed E-state index contributed by atoms with van der Waals surface area (Å²) in [5.41, 5.74) is 1.44. The van der Waals surface area contributed by atoms with Crippen molar-refractivity contribution in [3.8, 4) is 0 Å². The Morgan fingerprint density at radius 1 is 0.690 bits per heavy atom. The van der Waals surface area contributed by atoms with Gasteiger partial charge in [0, 0.05) is 5.56 Å². The highest BCUT2D eigenvalue weighted by Crippen LogP contribution is 2.14. The minimum absolute atomic E-state index is 0.133. The zero-order valence-corrected chi connectivity index (χ0v) is 20.4. The summed E-state index contributed by atoms with van der Waals surface area (Å²) in [7, 11) is 0. The average Bonchev–Trinajstić information content (AvgIpc) is 2.75. The van der Waals surface area contributed by atoms with E-state index in [1.54, 1.807) is 0 Å². The average molecular weight is 508 g/mol. The maximum atomic E-state index is 10.4. The molecule has 1 atom stereocenters. The molecule has 2 aromatic carbocycles. The summed E-state index contributed by atoms with van der Waals surface area (Å²) in [6.07, 6.45) is 16.3. The van der Waals surface area contributed by atoms with Crippen LogP contribution in [0.1, 0.15) is 89.5 Å². The summed E-state index contributed by atoms with van der Waals surface area (Å²) in [4.78, 5) is 0. The van der Waals surface area contributed by atoms with Crippen LogP contribution in [0.3, 0.4) is 0 Å². The molecule has 0 aliphatic rings. The van der Waals surface area contributed by atoms with Gasteiger partial charge in [0.15, 0.2) is 7.14 Å². The van der Waals surface area contributed by atoms with E-state index in [-0.39, 0.29) is 27.3 Å². The van der Waals surface area contributed by atoms with E-state index in [0.29, 0.717) is 0 Å². The third-order valence-corrected chi connectivity index (χ3v) is 8.52. The van der Waals surface area contributed by atoms with E-state index in [9.17, 15) is 5.11 Å². The van der Waals surface area contributed by atoms with Gasteiger partial charge in [-0.3, -0.25) is 0 Å². The molecule has 29 heavy (non-hydrogen) atoms. The van der Waals surface area contributed by atoms with Crippen LogP contribution in [0.25, 0.3) is 0 Å². The summed E-state index contributed by atoms with van der Waals surface area (Å²) in [6.45, 7) is 2.28. The second-order valence-electron chi connectivity index (χ2n) is 8.14. The maximum absolute atomic E-state index is 10.4. The lowest BCUT2D eigenvalue weighted by Gasteiger charge is -2.10. The van der Waals surface area contributed by atoms with Crippen molar-refractivity contribution < 1.29 is 26.3 Å². The molecule has 0 heterocycles. The molecule has 0 aromatic heterocycles. The van der Waals surface area contributed by atoms with Gasteiger partial charge in [-0.1, -0.05) is 108 Å². The van der Waals surface area contributed by atoms with Gasteiger partial charge in [0.2, 0.25) is 0 Å². The predicted octanol–water partition coefficient (Wildman–Crippen LogP) is 4.42. The fourth-order valence-corrected chi connectivity index (χ4v) is 6.35. The molecule has 160 valence electrons. The van der Waals surface area contributed by atoms with Gasteiger partial charge in [-0.25, -0.2) is 0 Å². The maximum Gasteiger partial charge on any atom is 0.358 e. The van der Waals surface area contributed by atoms with Crippen LogP contribution >= 0.6 is 0 Å². The highest BCUT2D eigenvalue weighted by molar-refractivity contribution is 5.15. The Kier molecular flexibility index (Phi) is 13.4. The molecule has 0 fully saturated rings. The lowest BCUT2D eigenvalue weighted by Crippen LogP contribution is -3.61. The second kappa shape index (κ2) is 15.9. The number of benzene rings is 2. The Balaban J connectivity index is 1.58. The summed E-state index contributed by atoms with van der Waals surface area (Å²) in [6, 6.07) is 19.7. The first kappa shape index (κ1) is 24.4. The molecule has 1 N–H and O–H groups in total. The number of unbranched alkanes of at least 4 members (excludes halogenated alkanes) is 9. The van der Waals surface area contributed by atoms with Crippen LogP contribution in [0.2, 0.25) is 0 Å². The van der Waals surface area contributed by atoms with Crippen molar-refractivity contribution in [3.05, 3.63) is 67.3 Å². The van der Waals surface area contributed by atoms with Gasteiger partial charge in [0.1, 0.15) is 0 Å². The van der Waals surface area contributed by atoms with E-state index < -0.39 is 0 Å². The number of aliphatic hydroxyl groups is 1. The Hall–Kier alpha value is -0.870. The topological polar surface area (TPSA) is 20.2 Å². The Labute approximate surface area is 189 Å². The van der Waals surface area contributed by atoms with Gasteiger partial charge in [0.05, 0.1) is 6.10 Å². The number of rotatable bonds is 16. The fraction of sp³-hybridized carbons (Fsp3) is 0.556. The minimum atomic E-state index is -0.146. The molecule has 0 amide bonds. The molecule has 1 unspecified atom stereocenters. The van der Waals surface area contributed by atoms with Crippen molar-refractivity contribution in [2.75, 3.05) is 0 Å². The van der Waals surface area contributed by atoms with Crippen LogP contribution < -0.4 is 21.2 Å². The summed E-state index contributed by atoms with van der Waals surface area (Å²) in [5, 5.41) is 10.4. The fourth-order valence-electron chi connectivity index (χ4n) is 3.72. The summed E-state index contributed by atoms with van der Waals surface area (Å²) < 4.78 is 2.97. The van der Waals surface area contributed by atoms with E-state index in [4.69, 9.17) is 0 Å². The van der Waals surface area contributed by atoms with Gasteiger partial charge in [0.25, 0.3) is 0 Å². The van der Waals surface area contributed by atoms with Crippen molar-refractivity contribution in [1.29, 1.82) is 0 Å². The van der Waals surface area contributed by atoms with Crippen molar-refractivity contribution in [2.24, 2.45) is 0 Å². The monoisotopic (exact) mass is 507 g/mol. The second-order valence-corrected chi connectivity index (χ2v) is 11.1. The highest BCUT2D eigenvalue weighted by Gasteiger charge is 2.19. The van der Waals surface area contributed by atoms with E-state index in [1.807, 2.05) is 0 Å². The number of hydrogen-bond acceptors (Lipinski definition) is 1. The standard InChI is InChI=1S/C27H40IO/c1-2-3-4-5-6-7-8-9-10-14-20-26(29)23-22-24-17-15-16-21-27(24)28-25-18-12-11-13-19-25/h11-13,15-19,21,26,29H,2-10,14,20,22-23H2,1H3/q+1. The van der Waals surface area contributed by atoms with Crippen LogP contribution in [-0.2, 0) is 6.42 Å². The van der Waals surface area contributed by atoms with Gasteiger partial charge in [-0.15, -0.1) is 0 Å². The zero-order chi connectivity index (χ0) is 20.6. The number of halogens is 1. The van der Waals surface area contributed by atoms with E-state index in [0.717, 1.165) is 19.3 Å². The zero-order valence-electron chi connectivity index (χ0n) is 18.3. The molecule has 0 bridgehead atoms. The number of hydrogen-bond donors (Lipinski definition) is 1. The first-order chi connectivity index (χ1) is 14.3. The van der Waals surface area contributed by atoms with E-state index in [1.165, 1.54) is 76.9 Å². The first-order valence-corrected chi connectivity index (χ1v) is 13.9. The summed E-state index contributed by atoms with van der Waals surface area (Å²) in [5.74, 6) is 0. The van der Waals surface area contributed by atoms with Gasteiger partial charge in [-0.2, -0.15) is 0 Å². The molecule has 1 nitrogen and oxygen atoms in total. The molecular weight excluding hydrogens is 467 g/mol. The quantitative estimate of drug-likeness (QED) is 0.264. The van der Waals surface area contributed by atoms with Crippen molar-refractivity contribution in [2.45, 2.75) is 96.5 Å². The largest absolute Gasteiger partial charge is 0.393 e. The predicted molar refractivity (Wildman–Crippen MR) is 121 cm³/mol. The van der Waals surface area contributed by atoms with Crippen LogP contribution in [0.5, 0.6) is 0 Å². The molecule has 0 radical (unpaired) electrons. The van der Waals surface area contributed by atoms with Gasteiger partial charge >= 0.3 is 21.2 Å². The van der Waals surface area contributed by atoms with Crippen molar-refractivity contribution in [1.82, 2.24) is 0 Å². The lowest BCUT2D eigenvalue weighted by atomic mass is 10.0. The number of aliphatic hydroxyl groups excluding tert-OH is 1. The molecule has 0 aliphatic carbocycles. The van der Waals surface area contributed by atoms with Gasteiger partial charge < -0.3 is 5.11 Å². The Morgan fingerprint density at radius 2 is 1.28 bits per heavy atom. The highest BCUT2D eigenvalue weighted by atomic mass is 127. The third-order valence-electron chi connectivity index (χ3n) is 5.54. The normalized spacial score (nSPS) is 12.2. The first-order valence-electron chi connectivity index (χ1n) is 11.8. The Bertz CT molecular complexity index is 640. The van der Waals surface area contributed by atoms with Gasteiger partial charge in [-0.05, 0) is 37.5 Å². The molecular formula is C27H40IO+. The van der Waals surface area contributed by atoms with Crippen LogP contribution in [0, 0.1) is 7.14 Å². The van der Waals surface area contributed by atoms with E-state index in [2.05, 4.69) is 61.5 Å². The SMILES string of the molecule is CCCCCCCCCCCCC(O)CCc1ccccc1[I+]c1ccccc1. The molecule has 2 rings (SSSR count). The van der Waals surface area contributed by atoms with Crippen molar-refractivity contribution in [3.63, 3.8) is 0 Å². The van der Waals surface area contributed by atoms with E-state index >= 15 is 0 Å². The minimum Gasteiger partial charge on any atom is -0.393 e. The molecule has 0 spiro atoms. The van der Waals surface area contributed by atoms with Crippen LogP contribution in [-0.4, -0.2) is 11.2 Å². The lowest BCUT2D eigenvalue weighted by molar-refractivity contribution is -0.598. The Morgan fingerprint density at radius 3 is 1.97 bits per heavy atom. The molecule has 0 saturated carbocycles. The third kappa shape index (κ3) is 11.2. The molecule has 0 saturated heterocycles.